The summed E-state index contributed by atoms with van der Waals surface area (Å²) in [6, 6.07) is 15.8. The van der Waals surface area contributed by atoms with Gasteiger partial charge in [0.2, 0.25) is 11.8 Å². The van der Waals surface area contributed by atoms with Gasteiger partial charge < -0.3 is 20.9 Å². The van der Waals surface area contributed by atoms with E-state index in [1.165, 1.54) is 11.1 Å². The Morgan fingerprint density at radius 2 is 1.80 bits per heavy atom. The lowest BCUT2D eigenvalue weighted by Crippen LogP contribution is -2.58. The molecule has 1 aliphatic carbocycles. The fourth-order valence-electron chi connectivity index (χ4n) is 5.28. The highest BCUT2D eigenvalue weighted by molar-refractivity contribution is 5.92. The first-order valence-corrected chi connectivity index (χ1v) is 12.0. The highest BCUT2D eigenvalue weighted by Gasteiger charge is 2.40. The van der Waals surface area contributed by atoms with Gasteiger partial charge in [0.1, 0.15) is 6.04 Å². The number of piperidine rings is 1. The van der Waals surface area contributed by atoms with Crippen LogP contribution in [0.1, 0.15) is 43.4 Å². The maximum absolute atomic E-state index is 13.7. The SMILES string of the molecule is CC(C)(N)C(=O)N[C@H](Cc1c[nH]c2ccccc12)C(=O)N1CCC2(C=Cc3ccccc32)CC1.Cl. The number of rotatable bonds is 5. The van der Waals surface area contributed by atoms with Crippen molar-refractivity contribution in [3.05, 3.63) is 77.5 Å². The number of hydrogen-bond donors (Lipinski definition) is 3. The number of halogens is 1. The quantitative estimate of drug-likeness (QED) is 0.503. The van der Waals surface area contributed by atoms with Crippen LogP contribution in [0.4, 0.5) is 0 Å². The van der Waals surface area contributed by atoms with Crippen LogP contribution in [0.5, 0.6) is 0 Å². The van der Waals surface area contributed by atoms with Crippen LogP contribution in [0, 0.1) is 0 Å². The van der Waals surface area contributed by atoms with E-state index in [-0.39, 0.29) is 29.6 Å². The fourth-order valence-corrected chi connectivity index (χ4v) is 5.28. The molecule has 1 atom stereocenters. The lowest BCUT2D eigenvalue weighted by atomic mass is 9.74. The van der Waals surface area contributed by atoms with Crippen molar-refractivity contribution < 1.29 is 9.59 Å². The highest BCUT2D eigenvalue weighted by Crippen LogP contribution is 2.43. The summed E-state index contributed by atoms with van der Waals surface area (Å²) < 4.78 is 0. The Morgan fingerprint density at radius 1 is 1.11 bits per heavy atom. The van der Waals surface area contributed by atoms with Crippen molar-refractivity contribution in [1.82, 2.24) is 15.2 Å². The van der Waals surface area contributed by atoms with E-state index < -0.39 is 11.6 Å². The fraction of sp³-hybridized carbons (Fsp3) is 0.357. The predicted octanol–water partition coefficient (Wildman–Crippen LogP) is 3.94. The lowest BCUT2D eigenvalue weighted by molar-refractivity contribution is -0.138. The first kappa shape index (κ1) is 25.0. The molecular formula is C28H33ClN4O2. The topological polar surface area (TPSA) is 91.2 Å². The molecule has 1 fully saturated rings. The molecule has 2 aromatic carbocycles. The van der Waals surface area contributed by atoms with E-state index >= 15 is 0 Å². The van der Waals surface area contributed by atoms with Crippen LogP contribution in [-0.4, -0.2) is 46.4 Å². The van der Waals surface area contributed by atoms with Gasteiger partial charge in [0.25, 0.3) is 0 Å². The van der Waals surface area contributed by atoms with Crippen molar-refractivity contribution in [1.29, 1.82) is 0 Å². The van der Waals surface area contributed by atoms with Crippen LogP contribution in [0.25, 0.3) is 17.0 Å². The van der Waals surface area contributed by atoms with Crippen LogP contribution in [0.3, 0.4) is 0 Å². The molecule has 2 amide bonds. The second kappa shape index (κ2) is 9.51. The van der Waals surface area contributed by atoms with Crippen molar-refractivity contribution in [2.45, 2.75) is 50.1 Å². The summed E-state index contributed by atoms with van der Waals surface area (Å²) in [5.41, 5.74) is 9.63. The highest BCUT2D eigenvalue weighted by atomic mass is 35.5. The van der Waals surface area contributed by atoms with E-state index in [0.29, 0.717) is 19.5 Å². The van der Waals surface area contributed by atoms with E-state index in [0.717, 1.165) is 29.3 Å². The maximum atomic E-state index is 13.7. The molecule has 3 aromatic rings. The Hall–Kier alpha value is -3.09. The van der Waals surface area contributed by atoms with Crippen molar-refractivity contribution in [2.75, 3.05) is 13.1 Å². The summed E-state index contributed by atoms with van der Waals surface area (Å²) >= 11 is 0. The summed E-state index contributed by atoms with van der Waals surface area (Å²) in [4.78, 5) is 31.7. The van der Waals surface area contributed by atoms with E-state index in [9.17, 15) is 9.59 Å². The number of nitrogens with two attached hydrogens (primary N) is 1. The molecule has 1 spiro atoms. The van der Waals surface area contributed by atoms with E-state index in [1.807, 2.05) is 35.4 Å². The second-order valence-electron chi connectivity index (χ2n) is 10.2. The third-order valence-electron chi connectivity index (χ3n) is 7.33. The summed E-state index contributed by atoms with van der Waals surface area (Å²) in [5.74, 6) is -0.375. The van der Waals surface area contributed by atoms with Gasteiger partial charge in [0.15, 0.2) is 0 Å². The number of para-hydroxylation sites is 1. The number of likely N-dealkylation sites (tertiary alicyclic amines) is 1. The molecule has 2 aliphatic rings. The number of aromatic amines is 1. The molecule has 1 aliphatic heterocycles. The zero-order chi connectivity index (χ0) is 23.9. The zero-order valence-electron chi connectivity index (χ0n) is 20.2. The molecule has 1 saturated heterocycles. The van der Waals surface area contributed by atoms with Gasteiger partial charge in [-0.25, -0.2) is 0 Å². The monoisotopic (exact) mass is 492 g/mol. The molecule has 0 bridgehead atoms. The van der Waals surface area contributed by atoms with Crippen LogP contribution in [0.15, 0.2) is 60.8 Å². The Kier molecular flexibility index (Phi) is 6.80. The van der Waals surface area contributed by atoms with Crippen molar-refractivity contribution in [3.63, 3.8) is 0 Å². The van der Waals surface area contributed by atoms with Crippen LogP contribution >= 0.6 is 12.4 Å². The van der Waals surface area contributed by atoms with Gasteiger partial charge >= 0.3 is 0 Å². The Balaban J connectivity index is 0.00000289. The average molecular weight is 493 g/mol. The third kappa shape index (κ3) is 4.73. The van der Waals surface area contributed by atoms with Crippen LogP contribution in [-0.2, 0) is 21.4 Å². The number of allylic oxidation sites excluding steroid dienone is 1. The van der Waals surface area contributed by atoms with Crippen LogP contribution in [0.2, 0.25) is 0 Å². The standard InChI is InChI=1S/C28H32N4O2.ClH/c1-27(2,29)26(34)31-24(17-20-18-30-23-10-6-4-8-21(20)23)25(33)32-15-13-28(14-16-32)12-11-19-7-3-5-9-22(19)28;/h3-12,18,24,30H,13-17,29H2,1-2H3,(H,31,34);1H/t24-;/m1./s1. The molecule has 0 radical (unpaired) electrons. The third-order valence-corrected chi connectivity index (χ3v) is 7.33. The summed E-state index contributed by atoms with van der Waals surface area (Å²) in [7, 11) is 0. The largest absolute Gasteiger partial charge is 0.361 e. The van der Waals surface area contributed by atoms with E-state index in [2.05, 4.69) is 46.7 Å². The average Bonchev–Trinajstić information content (AvgIpc) is 3.40. The number of benzene rings is 2. The van der Waals surface area contributed by atoms with Gasteiger partial charge in [-0.05, 0) is 49.4 Å². The maximum Gasteiger partial charge on any atom is 0.245 e. The van der Waals surface area contributed by atoms with Crippen molar-refractivity contribution in [3.8, 4) is 0 Å². The first-order chi connectivity index (χ1) is 16.3. The minimum Gasteiger partial charge on any atom is -0.361 e. The van der Waals surface area contributed by atoms with Gasteiger partial charge in [-0.15, -0.1) is 12.4 Å². The minimum atomic E-state index is -1.07. The van der Waals surface area contributed by atoms with Gasteiger partial charge in [0, 0.05) is 42.0 Å². The summed E-state index contributed by atoms with van der Waals surface area (Å²) in [5, 5.41) is 4.01. The van der Waals surface area contributed by atoms with Gasteiger partial charge in [-0.3, -0.25) is 9.59 Å². The number of aromatic nitrogens is 1. The number of nitrogens with one attached hydrogen (secondary N) is 2. The van der Waals surface area contributed by atoms with Gasteiger partial charge in [-0.2, -0.15) is 0 Å². The summed E-state index contributed by atoms with van der Waals surface area (Å²) in [6.07, 6.45) is 8.60. The minimum absolute atomic E-state index is 0. The van der Waals surface area contributed by atoms with Gasteiger partial charge in [-0.1, -0.05) is 54.6 Å². The number of hydrogen-bond acceptors (Lipinski definition) is 3. The second-order valence-corrected chi connectivity index (χ2v) is 10.2. The molecule has 0 saturated carbocycles. The molecular weight excluding hydrogens is 460 g/mol. The number of carbonyl (C=O) groups excluding carboxylic acids is 2. The van der Waals surface area contributed by atoms with Crippen molar-refractivity contribution in [2.24, 2.45) is 5.73 Å². The Labute approximate surface area is 212 Å². The molecule has 184 valence electrons. The predicted molar refractivity (Wildman–Crippen MR) is 142 cm³/mol. The number of carbonyl (C=O) groups is 2. The molecule has 6 nitrogen and oxygen atoms in total. The molecule has 5 rings (SSSR count). The smallest absolute Gasteiger partial charge is 0.245 e. The molecule has 4 N–H and O–H groups in total. The molecule has 1 aromatic heterocycles. The molecule has 2 heterocycles. The van der Waals surface area contributed by atoms with Crippen LogP contribution < -0.4 is 11.1 Å². The Morgan fingerprint density at radius 3 is 2.54 bits per heavy atom. The zero-order valence-corrected chi connectivity index (χ0v) is 21.0. The van der Waals surface area contributed by atoms with E-state index in [4.69, 9.17) is 5.73 Å². The van der Waals surface area contributed by atoms with E-state index in [1.54, 1.807) is 13.8 Å². The normalized spacial score (nSPS) is 17.2. The number of H-pyrrole nitrogens is 1. The van der Waals surface area contributed by atoms with Gasteiger partial charge in [0.05, 0.1) is 5.54 Å². The lowest BCUT2D eigenvalue weighted by Gasteiger charge is -2.40. The summed E-state index contributed by atoms with van der Waals surface area (Å²) in [6.45, 7) is 4.63. The van der Waals surface area contributed by atoms with Crippen molar-refractivity contribution >= 4 is 41.2 Å². The molecule has 35 heavy (non-hydrogen) atoms. The number of nitrogens with zero attached hydrogens (tertiary/aromatic N) is 1. The number of fused-ring (bicyclic) bond motifs is 3. The first-order valence-electron chi connectivity index (χ1n) is 12.0. The molecule has 0 unspecified atom stereocenters. The Bertz CT molecular complexity index is 1270. The number of amides is 2. The molecule has 7 heteroatoms.